The van der Waals surface area contributed by atoms with Crippen molar-refractivity contribution >= 4 is 5.91 Å². The third-order valence-electron chi connectivity index (χ3n) is 2.68. The van der Waals surface area contributed by atoms with Gasteiger partial charge < -0.3 is 15.4 Å². The molecule has 1 saturated heterocycles. The predicted molar refractivity (Wildman–Crippen MR) is 60.1 cm³/mol. The van der Waals surface area contributed by atoms with Crippen LogP contribution in [0.2, 0.25) is 0 Å². The van der Waals surface area contributed by atoms with E-state index in [0.29, 0.717) is 12.6 Å². The van der Waals surface area contributed by atoms with Gasteiger partial charge in [-0.3, -0.25) is 4.79 Å². The van der Waals surface area contributed by atoms with Crippen molar-refractivity contribution in [2.75, 3.05) is 26.3 Å². The van der Waals surface area contributed by atoms with E-state index in [2.05, 4.69) is 15.4 Å². The van der Waals surface area contributed by atoms with E-state index in [9.17, 15) is 13.6 Å². The van der Waals surface area contributed by atoms with Crippen LogP contribution in [0.15, 0.2) is 0 Å². The number of alkyl halides is 2. The fourth-order valence-corrected chi connectivity index (χ4v) is 1.76. The van der Waals surface area contributed by atoms with Crippen molar-refractivity contribution in [2.45, 2.75) is 38.2 Å². The van der Waals surface area contributed by atoms with Crippen LogP contribution in [-0.2, 0) is 9.53 Å². The number of piperidine rings is 1. The molecule has 1 aliphatic rings. The Bertz CT molecular complexity index is 222. The molecule has 1 aliphatic heterocycles. The van der Waals surface area contributed by atoms with E-state index in [0.717, 1.165) is 13.0 Å². The number of amides is 1. The van der Waals surface area contributed by atoms with Crippen molar-refractivity contribution in [1.82, 2.24) is 10.6 Å². The molecule has 4 nitrogen and oxygen atoms in total. The molecule has 0 aromatic rings. The maximum absolute atomic E-state index is 11.7. The molecule has 0 radical (unpaired) electrons. The molecule has 1 amide bonds. The Morgan fingerprint density at radius 1 is 1.47 bits per heavy atom. The highest BCUT2D eigenvalue weighted by molar-refractivity contribution is 5.75. The molecule has 6 heteroatoms. The minimum atomic E-state index is -2.47. The second-order valence-corrected chi connectivity index (χ2v) is 4.17. The fraction of sp³-hybridized carbons (Fsp3) is 0.909. The SMILES string of the molecule is O=C(CCOCC(F)F)NCC1CCCCN1. The zero-order valence-corrected chi connectivity index (χ0v) is 9.88. The minimum Gasteiger partial charge on any atom is -0.375 e. The Morgan fingerprint density at radius 2 is 2.29 bits per heavy atom. The third kappa shape index (κ3) is 7.23. The van der Waals surface area contributed by atoms with E-state index >= 15 is 0 Å². The summed E-state index contributed by atoms with van der Waals surface area (Å²) in [5.41, 5.74) is 0. The van der Waals surface area contributed by atoms with Gasteiger partial charge in [-0.1, -0.05) is 6.42 Å². The zero-order valence-electron chi connectivity index (χ0n) is 9.88. The van der Waals surface area contributed by atoms with E-state index in [1.165, 1.54) is 12.8 Å². The molecule has 100 valence electrons. The van der Waals surface area contributed by atoms with Gasteiger partial charge in [0.2, 0.25) is 5.91 Å². The van der Waals surface area contributed by atoms with Crippen LogP contribution in [0.5, 0.6) is 0 Å². The lowest BCUT2D eigenvalue weighted by atomic mass is 10.1. The molecule has 1 rings (SSSR count). The smallest absolute Gasteiger partial charge is 0.261 e. The molecule has 0 spiro atoms. The van der Waals surface area contributed by atoms with Gasteiger partial charge in [0, 0.05) is 19.0 Å². The van der Waals surface area contributed by atoms with Gasteiger partial charge in [0.25, 0.3) is 6.43 Å². The van der Waals surface area contributed by atoms with Crippen molar-refractivity contribution in [3.63, 3.8) is 0 Å². The molecular formula is C11H20F2N2O2. The predicted octanol–water partition coefficient (Wildman–Crippen LogP) is 0.916. The average molecular weight is 250 g/mol. The first-order valence-corrected chi connectivity index (χ1v) is 6.04. The van der Waals surface area contributed by atoms with Crippen LogP contribution in [0.4, 0.5) is 8.78 Å². The molecule has 1 unspecified atom stereocenters. The largest absolute Gasteiger partial charge is 0.375 e. The minimum absolute atomic E-state index is 0.0499. The van der Waals surface area contributed by atoms with Crippen LogP contribution in [0.3, 0.4) is 0 Å². The molecular weight excluding hydrogens is 230 g/mol. The highest BCUT2D eigenvalue weighted by Crippen LogP contribution is 2.05. The van der Waals surface area contributed by atoms with Gasteiger partial charge in [-0.25, -0.2) is 8.78 Å². The lowest BCUT2D eigenvalue weighted by Gasteiger charge is -2.23. The molecule has 0 bridgehead atoms. The quantitative estimate of drug-likeness (QED) is 0.660. The zero-order chi connectivity index (χ0) is 12.5. The maximum Gasteiger partial charge on any atom is 0.261 e. The number of halogens is 2. The molecule has 0 aromatic heterocycles. The first-order chi connectivity index (χ1) is 8.18. The average Bonchev–Trinajstić information content (AvgIpc) is 2.33. The first-order valence-electron chi connectivity index (χ1n) is 6.04. The number of nitrogens with one attached hydrogen (secondary N) is 2. The second kappa shape index (κ2) is 8.36. The van der Waals surface area contributed by atoms with E-state index in [1.807, 2.05) is 0 Å². The van der Waals surface area contributed by atoms with E-state index in [1.54, 1.807) is 0 Å². The van der Waals surface area contributed by atoms with E-state index in [4.69, 9.17) is 0 Å². The summed E-state index contributed by atoms with van der Waals surface area (Å²) < 4.78 is 28.1. The molecule has 1 fully saturated rings. The molecule has 0 aromatic carbocycles. The highest BCUT2D eigenvalue weighted by Gasteiger charge is 2.13. The third-order valence-corrected chi connectivity index (χ3v) is 2.68. The van der Waals surface area contributed by atoms with Crippen LogP contribution < -0.4 is 10.6 Å². The summed E-state index contributed by atoms with van der Waals surface area (Å²) >= 11 is 0. The van der Waals surface area contributed by atoms with Gasteiger partial charge in [-0.2, -0.15) is 0 Å². The first kappa shape index (κ1) is 14.3. The molecule has 2 N–H and O–H groups in total. The van der Waals surface area contributed by atoms with Crippen molar-refractivity contribution in [1.29, 1.82) is 0 Å². The van der Waals surface area contributed by atoms with Crippen LogP contribution in [0, 0.1) is 0 Å². The number of hydrogen-bond acceptors (Lipinski definition) is 3. The Balaban J connectivity index is 1.96. The summed E-state index contributed by atoms with van der Waals surface area (Å²) in [5.74, 6) is -0.147. The van der Waals surface area contributed by atoms with Crippen LogP contribution in [0.1, 0.15) is 25.7 Å². The number of carbonyl (C=O) groups is 1. The fourth-order valence-electron chi connectivity index (χ4n) is 1.76. The van der Waals surface area contributed by atoms with Gasteiger partial charge in [-0.05, 0) is 19.4 Å². The number of rotatable bonds is 7. The van der Waals surface area contributed by atoms with Gasteiger partial charge in [-0.15, -0.1) is 0 Å². The Hall–Kier alpha value is -0.750. The Kier molecular flexibility index (Phi) is 7.04. The van der Waals surface area contributed by atoms with Crippen molar-refractivity contribution in [3.8, 4) is 0 Å². The lowest BCUT2D eigenvalue weighted by molar-refractivity contribution is -0.122. The van der Waals surface area contributed by atoms with Crippen molar-refractivity contribution in [3.05, 3.63) is 0 Å². The van der Waals surface area contributed by atoms with Gasteiger partial charge in [0.1, 0.15) is 6.61 Å². The van der Waals surface area contributed by atoms with Crippen LogP contribution >= 0.6 is 0 Å². The molecule has 0 saturated carbocycles. The van der Waals surface area contributed by atoms with E-state index in [-0.39, 0.29) is 18.9 Å². The molecule has 1 heterocycles. The summed E-state index contributed by atoms with van der Waals surface area (Å²) in [5, 5.41) is 6.08. The molecule has 1 atom stereocenters. The molecule has 17 heavy (non-hydrogen) atoms. The summed E-state index contributed by atoms with van der Waals surface area (Å²) in [6, 6.07) is 0.342. The summed E-state index contributed by atoms with van der Waals surface area (Å²) in [6.07, 6.45) is 1.11. The highest BCUT2D eigenvalue weighted by atomic mass is 19.3. The number of hydrogen-bond donors (Lipinski definition) is 2. The Labute approximate surface area is 100 Å². The number of carbonyl (C=O) groups excluding carboxylic acids is 1. The molecule has 0 aliphatic carbocycles. The van der Waals surface area contributed by atoms with Gasteiger partial charge in [0.05, 0.1) is 6.61 Å². The van der Waals surface area contributed by atoms with Crippen molar-refractivity contribution < 1.29 is 18.3 Å². The normalized spacial score (nSPS) is 20.5. The topological polar surface area (TPSA) is 50.4 Å². The monoisotopic (exact) mass is 250 g/mol. The van der Waals surface area contributed by atoms with Gasteiger partial charge in [0.15, 0.2) is 0 Å². The van der Waals surface area contributed by atoms with Gasteiger partial charge >= 0.3 is 0 Å². The maximum atomic E-state index is 11.7. The van der Waals surface area contributed by atoms with Crippen molar-refractivity contribution in [2.24, 2.45) is 0 Å². The summed E-state index contributed by atoms with van der Waals surface area (Å²) in [6.45, 7) is 1.05. The standard InChI is InChI=1S/C11H20F2N2O2/c12-10(13)8-17-6-4-11(16)15-7-9-3-1-2-5-14-9/h9-10,14H,1-8H2,(H,15,16). The lowest BCUT2D eigenvalue weighted by Crippen LogP contribution is -2.43. The van der Waals surface area contributed by atoms with Crippen LogP contribution in [-0.4, -0.2) is 44.7 Å². The van der Waals surface area contributed by atoms with Crippen LogP contribution in [0.25, 0.3) is 0 Å². The second-order valence-electron chi connectivity index (χ2n) is 4.17. The summed E-state index contributed by atoms with van der Waals surface area (Å²) in [7, 11) is 0. The number of ether oxygens (including phenoxy) is 1. The van der Waals surface area contributed by atoms with E-state index < -0.39 is 13.0 Å². The Morgan fingerprint density at radius 3 is 2.94 bits per heavy atom. The summed E-state index contributed by atoms with van der Waals surface area (Å²) in [4.78, 5) is 11.3.